The summed E-state index contributed by atoms with van der Waals surface area (Å²) in [6, 6.07) is 28.4. The van der Waals surface area contributed by atoms with Crippen LogP contribution in [-0.4, -0.2) is 0 Å². The van der Waals surface area contributed by atoms with Crippen molar-refractivity contribution in [2.24, 2.45) is 0 Å². The molecule has 0 aliphatic heterocycles. The molecule has 0 aliphatic carbocycles. The Balaban J connectivity index is 2.16. The summed E-state index contributed by atoms with van der Waals surface area (Å²) < 4.78 is 0. The van der Waals surface area contributed by atoms with Crippen LogP contribution in [0.3, 0.4) is 0 Å². The van der Waals surface area contributed by atoms with E-state index in [1.807, 2.05) is 18.2 Å². The van der Waals surface area contributed by atoms with E-state index in [2.05, 4.69) is 79.4 Å². The molecule has 0 saturated carbocycles. The average molecular weight is 272 g/mol. The Bertz CT molecular complexity index is 686. The third-order valence-electron chi connectivity index (χ3n) is 3.47. The molecule has 0 amide bonds. The average Bonchev–Trinajstić information content (AvgIpc) is 2.49. The summed E-state index contributed by atoms with van der Waals surface area (Å²) in [6.45, 7) is 4.24. The third kappa shape index (κ3) is 2.97. The van der Waals surface area contributed by atoms with Crippen molar-refractivity contribution in [3.8, 4) is 0 Å². The van der Waals surface area contributed by atoms with Gasteiger partial charge in [-0.15, -0.1) is 0 Å². The molecule has 3 aromatic carbocycles. The molecule has 0 aromatic heterocycles. The summed E-state index contributed by atoms with van der Waals surface area (Å²) in [5.41, 5.74) is 5.96. The SMILES string of the molecule is Cc1cccc(N(c2c[c]ccc2)c2cccc(C)c2)c1. The standard InChI is InChI=1S/C20H18N/c1-16-8-6-12-19(14-16)21(18-10-4-3-5-11-18)20-13-7-9-17(2)15-20/h3-4,6-15H,1-2H3. The van der Waals surface area contributed by atoms with E-state index in [0.29, 0.717) is 0 Å². The fourth-order valence-electron chi connectivity index (χ4n) is 2.50. The maximum absolute atomic E-state index is 3.17. The van der Waals surface area contributed by atoms with Gasteiger partial charge in [-0.05, 0) is 67.4 Å². The van der Waals surface area contributed by atoms with Crippen molar-refractivity contribution in [2.45, 2.75) is 13.8 Å². The maximum Gasteiger partial charge on any atom is 0.0467 e. The zero-order chi connectivity index (χ0) is 14.7. The lowest BCUT2D eigenvalue weighted by molar-refractivity contribution is 1.26. The number of anilines is 3. The molecule has 1 radical (unpaired) electrons. The van der Waals surface area contributed by atoms with Gasteiger partial charge in [0.25, 0.3) is 0 Å². The fourth-order valence-corrected chi connectivity index (χ4v) is 2.50. The molecule has 0 N–H and O–H groups in total. The summed E-state index contributed by atoms with van der Waals surface area (Å²) in [5, 5.41) is 0. The lowest BCUT2D eigenvalue weighted by Crippen LogP contribution is -2.10. The van der Waals surface area contributed by atoms with Crippen LogP contribution in [0.4, 0.5) is 17.1 Å². The first-order chi connectivity index (χ1) is 10.2. The Labute approximate surface area is 126 Å². The van der Waals surface area contributed by atoms with Crippen LogP contribution in [-0.2, 0) is 0 Å². The van der Waals surface area contributed by atoms with Gasteiger partial charge in [0.2, 0.25) is 0 Å². The lowest BCUT2D eigenvalue weighted by Gasteiger charge is -2.26. The van der Waals surface area contributed by atoms with Crippen molar-refractivity contribution in [1.82, 2.24) is 0 Å². The van der Waals surface area contributed by atoms with E-state index in [1.165, 1.54) is 22.5 Å². The molecule has 0 spiro atoms. The monoisotopic (exact) mass is 272 g/mol. The van der Waals surface area contributed by atoms with E-state index in [4.69, 9.17) is 0 Å². The first-order valence-electron chi connectivity index (χ1n) is 7.13. The highest BCUT2D eigenvalue weighted by molar-refractivity contribution is 5.76. The molecule has 0 saturated heterocycles. The van der Waals surface area contributed by atoms with Gasteiger partial charge in [0.05, 0.1) is 0 Å². The van der Waals surface area contributed by atoms with Crippen molar-refractivity contribution in [3.05, 3.63) is 90.0 Å². The molecular weight excluding hydrogens is 254 g/mol. The van der Waals surface area contributed by atoms with Crippen LogP contribution in [0.1, 0.15) is 11.1 Å². The molecule has 103 valence electrons. The summed E-state index contributed by atoms with van der Waals surface area (Å²) in [7, 11) is 0. The lowest BCUT2D eigenvalue weighted by atomic mass is 10.1. The minimum absolute atomic E-state index is 1.12. The quantitative estimate of drug-likeness (QED) is 0.602. The minimum atomic E-state index is 1.12. The van der Waals surface area contributed by atoms with Gasteiger partial charge in [-0.1, -0.05) is 36.4 Å². The van der Waals surface area contributed by atoms with Gasteiger partial charge in [-0.25, -0.2) is 0 Å². The number of hydrogen-bond acceptors (Lipinski definition) is 1. The van der Waals surface area contributed by atoms with Gasteiger partial charge in [0, 0.05) is 17.1 Å². The van der Waals surface area contributed by atoms with Gasteiger partial charge in [0.1, 0.15) is 0 Å². The van der Waals surface area contributed by atoms with Crippen LogP contribution in [0, 0.1) is 19.9 Å². The predicted octanol–water partition coefficient (Wildman–Crippen LogP) is 5.57. The first-order valence-corrected chi connectivity index (χ1v) is 7.13. The van der Waals surface area contributed by atoms with Crippen molar-refractivity contribution in [1.29, 1.82) is 0 Å². The molecule has 21 heavy (non-hydrogen) atoms. The van der Waals surface area contributed by atoms with E-state index >= 15 is 0 Å². The zero-order valence-electron chi connectivity index (χ0n) is 12.4. The first kappa shape index (κ1) is 13.4. The van der Waals surface area contributed by atoms with Gasteiger partial charge < -0.3 is 4.90 Å². The Morgan fingerprint density at radius 1 is 0.714 bits per heavy atom. The van der Waals surface area contributed by atoms with E-state index in [0.717, 1.165) is 5.69 Å². The third-order valence-corrected chi connectivity index (χ3v) is 3.47. The molecule has 0 fully saturated rings. The molecule has 1 heteroatoms. The van der Waals surface area contributed by atoms with Gasteiger partial charge in [0.15, 0.2) is 0 Å². The molecule has 0 heterocycles. The molecule has 0 unspecified atom stereocenters. The number of benzene rings is 3. The highest BCUT2D eigenvalue weighted by atomic mass is 15.1. The Morgan fingerprint density at radius 2 is 1.29 bits per heavy atom. The highest BCUT2D eigenvalue weighted by Crippen LogP contribution is 2.34. The van der Waals surface area contributed by atoms with Gasteiger partial charge >= 0.3 is 0 Å². The van der Waals surface area contributed by atoms with Crippen molar-refractivity contribution >= 4 is 17.1 Å². The summed E-state index contributed by atoms with van der Waals surface area (Å²) in [4.78, 5) is 2.26. The minimum Gasteiger partial charge on any atom is -0.310 e. The van der Waals surface area contributed by atoms with Gasteiger partial charge in [-0.2, -0.15) is 0 Å². The van der Waals surface area contributed by atoms with Crippen LogP contribution in [0.2, 0.25) is 0 Å². The second-order valence-electron chi connectivity index (χ2n) is 5.28. The molecule has 1 nitrogen and oxygen atoms in total. The van der Waals surface area contributed by atoms with E-state index in [9.17, 15) is 0 Å². The Hall–Kier alpha value is -2.54. The fraction of sp³-hybridized carbons (Fsp3) is 0.100. The highest BCUT2D eigenvalue weighted by Gasteiger charge is 2.11. The number of hydrogen-bond donors (Lipinski definition) is 0. The van der Waals surface area contributed by atoms with E-state index in [-0.39, 0.29) is 0 Å². The number of rotatable bonds is 3. The summed E-state index contributed by atoms with van der Waals surface area (Å²) in [6.07, 6.45) is 0. The number of nitrogens with zero attached hydrogens (tertiary/aromatic N) is 1. The van der Waals surface area contributed by atoms with Crippen LogP contribution in [0.15, 0.2) is 72.8 Å². The van der Waals surface area contributed by atoms with Crippen LogP contribution < -0.4 is 4.90 Å². The smallest absolute Gasteiger partial charge is 0.0467 e. The zero-order valence-corrected chi connectivity index (χ0v) is 12.4. The maximum atomic E-state index is 3.17. The molecule has 3 aromatic rings. The van der Waals surface area contributed by atoms with Crippen LogP contribution in [0.25, 0.3) is 0 Å². The summed E-state index contributed by atoms with van der Waals surface area (Å²) >= 11 is 0. The second kappa shape index (κ2) is 5.84. The molecular formula is C20H18N. The second-order valence-corrected chi connectivity index (χ2v) is 5.28. The van der Waals surface area contributed by atoms with E-state index in [1.54, 1.807) is 0 Å². The largest absolute Gasteiger partial charge is 0.310 e. The number of aryl methyl sites for hydroxylation is 2. The normalized spacial score (nSPS) is 10.4. The Morgan fingerprint density at radius 3 is 1.76 bits per heavy atom. The Kier molecular flexibility index (Phi) is 3.74. The predicted molar refractivity (Wildman–Crippen MR) is 89.4 cm³/mol. The molecule has 0 bridgehead atoms. The summed E-state index contributed by atoms with van der Waals surface area (Å²) in [5.74, 6) is 0. The van der Waals surface area contributed by atoms with Crippen molar-refractivity contribution in [3.63, 3.8) is 0 Å². The van der Waals surface area contributed by atoms with Crippen molar-refractivity contribution < 1.29 is 0 Å². The molecule has 3 rings (SSSR count). The van der Waals surface area contributed by atoms with Crippen molar-refractivity contribution in [2.75, 3.05) is 4.90 Å². The van der Waals surface area contributed by atoms with Crippen LogP contribution >= 0.6 is 0 Å². The van der Waals surface area contributed by atoms with Crippen LogP contribution in [0.5, 0.6) is 0 Å². The topological polar surface area (TPSA) is 3.24 Å². The van der Waals surface area contributed by atoms with Gasteiger partial charge in [-0.3, -0.25) is 0 Å². The van der Waals surface area contributed by atoms with E-state index < -0.39 is 0 Å². The molecule has 0 aliphatic rings. The molecule has 0 atom stereocenters.